The normalized spacial score (nSPS) is 18.5. The average molecular weight is 441 g/mol. The van der Waals surface area contributed by atoms with Crippen LogP contribution in [-0.2, 0) is 22.4 Å². The molecule has 4 rings (SSSR count). The number of fused-ring (bicyclic) bond motifs is 1. The predicted molar refractivity (Wildman–Crippen MR) is 110 cm³/mol. The highest BCUT2D eigenvalue weighted by atomic mass is 19.1. The molecule has 3 amide bonds. The van der Waals surface area contributed by atoms with E-state index in [1.165, 1.54) is 52.4 Å². The average Bonchev–Trinajstić information content (AvgIpc) is 2.76. The van der Waals surface area contributed by atoms with Crippen molar-refractivity contribution >= 4 is 17.9 Å². The molecule has 9 heteroatoms. The number of hydrogen-bond donors (Lipinski definition) is 1. The monoisotopic (exact) mass is 441 g/mol. The first-order chi connectivity index (χ1) is 15.3. The fraction of sp³-hybridized carbons (Fsp3) is 0.261. The fourth-order valence-corrected chi connectivity index (χ4v) is 4.00. The Morgan fingerprint density at radius 3 is 2.47 bits per heavy atom. The van der Waals surface area contributed by atoms with Gasteiger partial charge in [-0.05, 0) is 41.8 Å². The lowest BCUT2D eigenvalue weighted by molar-refractivity contribution is -0.148. The van der Waals surface area contributed by atoms with E-state index in [0.29, 0.717) is 17.5 Å². The van der Waals surface area contributed by atoms with Crippen LogP contribution in [0.3, 0.4) is 0 Å². The summed E-state index contributed by atoms with van der Waals surface area (Å²) in [5, 5.41) is 9.62. The van der Waals surface area contributed by atoms with E-state index in [-0.39, 0.29) is 49.4 Å². The van der Waals surface area contributed by atoms with Gasteiger partial charge >= 0.3 is 6.09 Å². The Labute approximate surface area is 183 Å². The molecule has 0 aliphatic carbocycles. The molecule has 0 unspecified atom stereocenters. The number of carbonyl (C=O) groups excluding carboxylic acids is 2. The second kappa shape index (κ2) is 8.78. The molecule has 1 N–H and O–H groups in total. The van der Waals surface area contributed by atoms with Gasteiger partial charge in [0.2, 0.25) is 11.8 Å². The smallest absolute Gasteiger partial charge is 0.413 e. The van der Waals surface area contributed by atoms with Crippen LogP contribution in [0.25, 0.3) is 0 Å². The van der Waals surface area contributed by atoms with Gasteiger partial charge < -0.3 is 10.0 Å². The summed E-state index contributed by atoms with van der Waals surface area (Å²) in [6.45, 7) is 0.174. The van der Waals surface area contributed by atoms with Gasteiger partial charge in [-0.15, -0.1) is 0 Å². The van der Waals surface area contributed by atoms with Gasteiger partial charge in [0.15, 0.2) is 0 Å². The van der Waals surface area contributed by atoms with Gasteiger partial charge in [-0.1, -0.05) is 24.3 Å². The Morgan fingerprint density at radius 2 is 1.78 bits per heavy atom. The summed E-state index contributed by atoms with van der Waals surface area (Å²) in [5.41, 5.74) is 1.32. The van der Waals surface area contributed by atoms with Gasteiger partial charge in [-0.2, -0.15) is 0 Å². The Morgan fingerprint density at radius 1 is 1.03 bits per heavy atom. The molecule has 1 fully saturated rings. The van der Waals surface area contributed by atoms with Crippen molar-refractivity contribution in [2.45, 2.75) is 25.3 Å². The molecular weight excluding hydrogens is 420 g/mol. The van der Waals surface area contributed by atoms with Crippen molar-refractivity contribution in [3.63, 3.8) is 0 Å². The maximum absolute atomic E-state index is 13.5. The van der Waals surface area contributed by atoms with Crippen molar-refractivity contribution in [1.29, 1.82) is 0 Å². The summed E-state index contributed by atoms with van der Waals surface area (Å²) in [5.74, 6) is -1.43. The minimum absolute atomic E-state index is 0.00824. The van der Waals surface area contributed by atoms with E-state index in [1.807, 2.05) is 0 Å². The van der Waals surface area contributed by atoms with E-state index in [1.54, 1.807) is 12.1 Å². The van der Waals surface area contributed by atoms with Crippen LogP contribution in [-0.4, -0.2) is 56.8 Å². The zero-order valence-corrected chi connectivity index (χ0v) is 17.1. The fourth-order valence-electron chi connectivity index (χ4n) is 4.00. The van der Waals surface area contributed by atoms with Gasteiger partial charge in [-0.3, -0.25) is 19.4 Å². The molecule has 0 spiro atoms. The summed E-state index contributed by atoms with van der Waals surface area (Å²) in [6, 6.07) is 10.6. The molecule has 1 saturated heterocycles. The molecular formula is C23H21F2N3O4. The van der Waals surface area contributed by atoms with E-state index < -0.39 is 18.0 Å². The molecule has 0 aromatic heterocycles. The van der Waals surface area contributed by atoms with E-state index in [9.17, 15) is 28.3 Å². The highest BCUT2D eigenvalue weighted by Crippen LogP contribution is 2.29. The van der Waals surface area contributed by atoms with E-state index in [4.69, 9.17) is 0 Å². The minimum Gasteiger partial charge on any atom is -0.465 e. The number of halogens is 2. The van der Waals surface area contributed by atoms with Crippen LogP contribution in [0, 0.1) is 11.6 Å². The first-order valence-electron chi connectivity index (χ1n) is 10.2. The van der Waals surface area contributed by atoms with Gasteiger partial charge in [-0.25, -0.2) is 13.6 Å². The number of rotatable bonds is 5. The lowest BCUT2D eigenvalue weighted by Gasteiger charge is -2.45. The summed E-state index contributed by atoms with van der Waals surface area (Å²) in [6.07, 6.45) is 0.548. The lowest BCUT2D eigenvalue weighted by Crippen LogP contribution is -2.60. The molecule has 0 radical (unpaired) electrons. The Kier molecular flexibility index (Phi) is 5.89. The zero-order valence-electron chi connectivity index (χ0n) is 17.1. The molecule has 0 bridgehead atoms. The molecule has 2 aliphatic heterocycles. The molecule has 2 aromatic carbocycles. The Bertz CT molecular complexity index is 1090. The summed E-state index contributed by atoms with van der Waals surface area (Å²) in [4.78, 5) is 41.5. The maximum atomic E-state index is 13.5. The van der Waals surface area contributed by atoms with Crippen LogP contribution in [0.15, 0.2) is 60.6 Å². The summed E-state index contributed by atoms with van der Waals surface area (Å²) in [7, 11) is 0. The van der Waals surface area contributed by atoms with Crippen molar-refractivity contribution in [3.05, 3.63) is 83.3 Å². The van der Waals surface area contributed by atoms with E-state index in [0.717, 1.165) is 4.90 Å². The minimum atomic E-state index is -1.23. The number of amides is 3. The Balaban J connectivity index is 1.66. The number of carbonyl (C=O) groups is 3. The Hall–Kier alpha value is -3.75. The highest BCUT2D eigenvalue weighted by Gasteiger charge is 2.44. The van der Waals surface area contributed by atoms with Gasteiger partial charge in [0.1, 0.15) is 23.5 Å². The highest BCUT2D eigenvalue weighted by molar-refractivity contribution is 5.93. The molecule has 2 aliphatic rings. The molecule has 7 nitrogen and oxygen atoms in total. The van der Waals surface area contributed by atoms with Crippen LogP contribution < -0.4 is 0 Å². The second-order valence-corrected chi connectivity index (χ2v) is 7.69. The van der Waals surface area contributed by atoms with Crippen LogP contribution in [0.5, 0.6) is 0 Å². The zero-order chi connectivity index (χ0) is 22.8. The maximum Gasteiger partial charge on any atom is 0.413 e. The summed E-state index contributed by atoms with van der Waals surface area (Å²) >= 11 is 0. The SMILES string of the molecule is O=C1[C@H](Cc2ccc(F)cc2)N2C(=O)CCN(C(=O)O)C2=CN1CCc1cccc(F)c1. The first kappa shape index (κ1) is 21.5. The third-order valence-electron chi connectivity index (χ3n) is 5.60. The molecule has 32 heavy (non-hydrogen) atoms. The van der Waals surface area contributed by atoms with Crippen molar-refractivity contribution in [3.8, 4) is 0 Å². The topological polar surface area (TPSA) is 81.2 Å². The standard InChI is InChI=1S/C23H21F2N3O4/c24-17-6-4-16(5-7-17)13-19-22(30)26(10-8-15-2-1-3-18(25)12-15)14-20-27(23(31)32)11-9-21(29)28(19)20/h1-7,12,14,19H,8-11,13H2,(H,31,32)/t19-/m0/s1. The molecule has 2 aromatic rings. The molecule has 166 valence electrons. The third-order valence-corrected chi connectivity index (χ3v) is 5.60. The van der Waals surface area contributed by atoms with Crippen molar-refractivity contribution < 1.29 is 28.3 Å². The molecule has 0 saturated carbocycles. The lowest BCUT2D eigenvalue weighted by atomic mass is 9.99. The summed E-state index contributed by atoms with van der Waals surface area (Å²) < 4.78 is 26.8. The van der Waals surface area contributed by atoms with Crippen LogP contribution in [0.4, 0.5) is 13.6 Å². The number of nitrogens with zero attached hydrogens (tertiary/aromatic N) is 3. The third kappa shape index (κ3) is 4.32. The van der Waals surface area contributed by atoms with Crippen molar-refractivity contribution in [2.24, 2.45) is 0 Å². The van der Waals surface area contributed by atoms with Gasteiger partial charge in [0.05, 0.1) is 0 Å². The quantitative estimate of drug-likeness (QED) is 0.774. The van der Waals surface area contributed by atoms with Crippen LogP contribution >= 0.6 is 0 Å². The molecule has 2 heterocycles. The number of hydrogen-bond acceptors (Lipinski definition) is 3. The second-order valence-electron chi connectivity index (χ2n) is 7.69. The van der Waals surface area contributed by atoms with Gasteiger partial charge in [0, 0.05) is 32.1 Å². The first-order valence-corrected chi connectivity index (χ1v) is 10.2. The predicted octanol–water partition coefficient (Wildman–Crippen LogP) is 2.97. The van der Waals surface area contributed by atoms with E-state index in [2.05, 4.69) is 0 Å². The number of carboxylic acid groups (broad SMARTS) is 1. The largest absolute Gasteiger partial charge is 0.465 e. The van der Waals surface area contributed by atoms with Gasteiger partial charge in [0.25, 0.3) is 0 Å². The van der Waals surface area contributed by atoms with Crippen molar-refractivity contribution in [2.75, 3.05) is 13.1 Å². The van der Waals surface area contributed by atoms with Crippen molar-refractivity contribution in [1.82, 2.24) is 14.7 Å². The molecule has 1 atom stereocenters. The van der Waals surface area contributed by atoms with E-state index >= 15 is 0 Å². The van der Waals surface area contributed by atoms with Crippen LogP contribution in [0.1, 0.15) is 17.5 Å². The van der Waals surface area contributed by atoms with Crippen LogP contribution in [0.2, 0.25) is 0 Å². The number of benzene rings is 2.